The highest BCUT2D eigenvalue weighted by Gasteiger charge is 2.28. The molecule has 7 heteroatoms. The maximum Gasteiger partial charge on any atom is 0.327 e. The Morgan fingerprint density at radius 2 is 2.14 bits per heavy atom. The van der Waals surface area contributed by atoms with E-state index in [0.29, 0.717) is 24.8 Å². The Bertz CT molecular complexity index is 519. The molecule has 0 unspecified atom stereocenters. The molecule has 1 heterocycles. The van der Waals surface area contributed by atoms with Gasteiger partial charge in [0.2, 0.25) is 5.82 Å². The van der Waals surface area contributed by atoms with Gasteiger partial charge < -0.3 is 14.9 Å². The molecule has 0 spiro atoms. The van der Waals surface area contributed by atoms with Gasteiger partial charge in [-0.15, -0.1) is 0 Å². The van der Waals surface area contributed by atoms with Gasteiger partial charge in [-0.3, -0.25) is 10.1 Å². The largest absolute Gasteiger partial charge is 0.396 e. The standard InChI is InChI=1S/C15H22FN3O3/c1-17(8-3-11-20)12-6-9-18(10-7-12)14-5-2-4-13(16)15(14)19(21)22/h2,4-5,12,20H,3,6-11H2,1H3. The van der Waals surface area contributed by atoms with Crippen LogP contribution in [-0.2, 0) is 0 Å². The molecule has 22 heavy (non-hydrogen) atoms. The summed E-state index contributed by atoms with van der Waals surface area (Å²) in [6.45, 7) is 2.34. The summed E-state index contributed by atoms with van der Waals surface area (Å²) in [5.74, 6) is -0.787. The number of nitro groups is 1. The van der Waals surface area contributed by atoms with Gasteiger partial charge in [0.05, 0.1) is 4.92 Å². The van der Waals surface area contributed by atoms with Crippen LogP contribution in [0.5, 0.6) is 0 Å². The molecule has 0 aliphatic carbocycles. The van der Waals surface area contributed by atoms with Crippen LogP contribution in [0, 0.1) is 15.9 Å². The number of nitrogens with zero attached hydrogens (tertiary/aromatic N) is 3. The molecule has 6 nitrogen and oxygen atoms in total. The van der Waals surface area contributed by atoms with Gasteiger partial charge in [-0.1, -0.05) is 6.07 Å². The summed E-state index contributed by atoms with van der Waals surface area (Å²) in [6, 6.07) is 4.64. The Morgan fingerprint density at radius 1 is 1.45 bits per heavy atom. The first-order valence-electron chi connectivity index (χ1n) is 7.53. The SMILES string of the molecule is CN(CCCO)C1CCN(c2cccc(F)c2[N+](=O)[O-])CC1. The number of hydrogen-bond acceptors (Lipinski definition) is 5. The van der Waals surface area contributed by atoms with Crippen molar-refractivity contribution in [2.75, 3.05) is 38.2 Å². The number of piperidine rings is 1. The number of hydrogen-bond donors (Lipinski definition) is 1. The second kappa shape index (κ2) is 7.51. The van der Waals surface area contributed by atoms with Crippen LogP contribution in [0.1, 0.15) is 19.3 Å². The molecule has 0 radical (unpaired) electrons. The van der Waals surface area contributed by atoms with Crippen molar-refractivity contribution in [1.82, 2.24) is 4.90 Å². The molecule has 1 aromatic rings. The van der Waals surface area contributed by atoms with Crippen LogP contribution >= 0.6 is 0 Å². The van der Waals surface area contributed by atoms with Crippen molar-refractivity contribution in [3.05, 3.63) is 34.1 Å². The number of nitro benzene ring substituents is 1. The molecule has 1 N–H and O–H groups in total. The number of rotatable bonds is 6. The van der Waals surface area contributed by atoms with E-state index in [9.17, 15) is 14.5 Å². The lowest BCUT2D eigenvalue weighted by molar-refractivity contribution is -0.386. The Balaban J connectivity index is 2.03. The van der Waals surface area contributed by atoms with E-state index >= 15 is 0 Å². The highest BCUT2D eigenvalue weighted by molar-refractivity contribution is 5.64. The number of halogens is 1. The van der Waals surface area contributed by atoms with Crippen molar-refractivity contribution in [2.24, 2.45) is 0 Å². The molecular weight excluding hydrogens is 289 g/mol. The number of aliphatic hydroxyl groups excluding tert-OH is 1. The summed E-state index contributed by atoms with van der Waals surface area (Å²) >= 11 is 0. The Labute approximate surface area is 129 Å². The molecule has 1 aromatic carbocycles. The lowest BCUT2D eigenvalue weighted by Crippen LogP contribution is -2.44. The summed E-state index contributed by atoms with van der Waals surface area (Å²) in [5, 5.41) is 20.0. The van der Waals surface area contributed by atoms with Gasteiger partial charge in [-0.2, -0.15) is 4.39 Å². The second-order valence-electron chi connectivity index (χ2n) is 5.64. The zero-order chi connectivity index (χ0) is 16.1. The molecule has 1 fully saturated rings. The van der Waals surface area contributed by atoms with Crippen molar-refractivity contribution >= 4 is 11.4 Å². The van der Waals surface area contributed by atoms with Gasteiger partial charge in [-0.05, 0) is 38.4 Å². The lowest BCUT2D eigenvalue weighted by atomic mass is 10.0. The maximum absolute atomic E-state index is 13.7. The van der Waals surface area contributed by atoms with Gasteiger partial charge in [0.25, 0.3) is 0 Å². The fourth-order valence-corrected chi connectivity index (χ4v) is 2.99. The molecule has 0 amide bonds. The minimum Gasteiger partial charge on any atom is -0.396 e. The Hall–Kier alpha value is -1.73. The predicted molar refractivity (Wildman–Crippen MR) is 82.6 cm³/mol. The average Bonchev–Trinajstić information content (AvgIpc) is 2.52. The van der Waals surface area contributed by atoms with Gasteiger partial charge in [0, 0.05) is 32.3 Å². The first-order chi connectivity index (χ1) is 10.5. The third-order valence-electron chi connectivity index (χ3n) is 4.25. The number of aliphatic hydroxyl groups is 1. The van der Waals surface area contributed by atoms with Crippen molar-refractivity contribution in [3.63, 3.8) is 0 Å². The van der Waals surface area contributed by atoms with Crippen molar-refractivity contribution in [3.8, 4) is 0 Å². The molecule has 122 valence electrons. The number of benzene rings is 1. The van der Waals surface area contributed by atoms with Crippen molar-refractivity contribution in [2.45, 2.75) is 25.3 Å². The predicted octanol–water partition coefficient (Wildman–Crippen LogP) is 2.02. The van der Waals surface area contributed by atoms with Crippen molar-refractivity contribution in [1.29, 1.82) is 0 Å². The van der Waals surface area contributed by atoms with Gasteiger partial charge in [0.1, 0.15) is 5.69 Å². The van der Waals surface area contributed by atoms with E-state index in [2.05, 4.69) is 4.90 Å². The Kier molecular flexibility index (Phi) is 5.68. The van der Waals surface area contributed by atoms with Crippen LogP contribution in [0.3, 0.4) is 0 Å². The van der Waals surface area contributed by atoms with Crippen LogP contribution in [0.25, 0.3) is 0 Å². The minimum absolute atomic E-state index is 0.179. The third kappa shape index (κ3) is 3.72. The number of anilines is 1. The van der Waals surface area contributed by atoms with Crippen LogP contribution in [0.4, 0.5) is 15.8 Å². The van der Waals surface area contributed by atoms with E-state index in [0.717, 1.165) is 31.9 Å². The maximum atomic E-state index is 13.7. The summed E-state index contributed by atoms with van der Waals surface area (Å²) in [5.41, 5.74) is -0.0731. The normalized spacial score (nSPS) is 16.3. The molecule has 0 bridgehead atoms. The van der Waals surface area contributed by atoms with E-state index in [1.165, 1.54) is 6.07 Å². The molecule has 0 aromatic heterocycles. The molecule has 1 aliphatic heterocycles. The summed E-state index contributed by atoms with van der Waals surface area (Å²) < 4.78 is 13.7. The smallest absolute Gasteiger partial charge is 0.327 e. The van der Waals surface area contributed by atoms with E-state index in [-0.39, 0.29) is 6.61 Å². The minimum atomic E-state index is -0.787. The fourth-order valence-electron chi connectivity index (χ4n) is 2.99. The van der Waals surface area contributed by atoms with Crippen molar-refractivity contribution < 1.29 is 14.4 Å². The van der Waals surface area contributed by atoms with Gasteiger partial charge in [-0.25, -0.2) is 0 Å². The van der Waals surface area contributed by atoms with Crippen LogP contribution in [-0.4, -0.2) is 54.3 Å². The zero-order valence-corrected chi connectivity index (χ0v) is 12.7. The molecule has 0 atom stereocenters. The summed E-state index contributed by atoms with van der Waals surface area (Å²) in [7, 11) is 2.03. The van der Waals surface area contributed by atoms with Gasteiger partial charge in [0.15, 0.2) is 0 Å². The fraction of sp³-hybridized carbons (Fsp3) is 0.600. The third-order valence-corrected chi connectivity index (χ3v) is 4.25. The molecule has 2 rings (SSSR count). The average molecular weight is 311 g/mol. The van der Waals surface area contributed by atoms with Gasteiger partial charge >= 0.3 is 5.69 Å². The Morgan fingerprint density at radius 3 is 2.73 bits per heavy atom. The first kappa shape index (κ1) is 16.6. The molecule has 1 saturated heterocycles. The van der Waals surface area contributed by atoms with E-state index in [1.807, 2.05) is 11.9 Å². The number of para-hydroxylation sites is 1. The zero-order valence-electron chi connectivity index (χ0n) is 12.7. The monoisotopic (exact) mass is 311 g/mol. The van der Waals surface area contributed by atoms with Crippen LogP contribution in [0.2, 0.25) is 0 Å². The molecular formula is C15H22FN3O3. The lowest BCUT2D eigenvalue weighted by Gasteiger charge is -2.37. The topological polar surface area (TPSA) is 69.8 Å². The molecule has 0 saturated carbocycles. The highest BCUT2D eigenvalue weighted by atomic mass is 19.1. The van der Waals surface area contributed by atoms with Crippen LogP contribution in [0.15, 0.2) is 18.2 Å². The summed E-state index contributed by atoms with van der Waals surface area (Å²) in [4.78, 5) is 14.5. The second-order valence-corrected chi connectivity index (χ2v) is 5.64. The highest BCUT2D eigenvalue weighted by Crippen LogP contribution is 2.32. The quantitative estimate of drug-likeness (QED) is 0.643. The van der Waals surface area contributed by atoms with E-state index in [4.69, 9.17) is 5.11 Å². The first-order valence-corrected chi connectivity index (χ1v) is 7.53. The summed E-state index contributed by atoms with van der Waals surface area (Å²) in [6.07, 6.45) is 2.48. The van der Waals surface area contributed by atoms with E-state index < -0.39 is 16.4 Å². The van der Waals surface area contributed by atoms with Crippen LogP contribution < -0.4 is 4.90 Å². The van der Waals surface area contributed by atoms with E-state index in [1.54, 1.807) is 6.07 Å². The molecule has 1 aliphatic rings.